The van der Waals surface area contributed by atoms with E-state index in [9.17, 15) is 24.6 Å². The van der Waals surface area contributed by atoms with Crippen molar-refractivity contribution in [1.29, 1.82) is 0 Å². The van der Waals surface area contributed by atoms with Gasteiger partial charge in [0, 0.05) is 36.2 Å². The maximum atomic E-state index is 14.0. The van der Waals surface area contributed by atoms with Crippen molar-refractivity contribution in [2.24, 2.45) is 0 Å². The number of nitrogens with zero attached hydrogens (tertiary/aromatic N) is 1. The van der Waals surface area contributed by atoms with Crippen LogP contribution < -0.4 is 14.8 Å². The number of benzene rings is 2. The highest BCUT2D eigenvalue weighted by molar-refractivity contribution is 6.42. The highest BCUT2D eigenvalue weighted by Crippen LogP contribution is 2.51. The number of halogens is 2. The van der Waals surface area contributed by atoms with Crippen LogP contribution in [0.15, 0.2) is 42.0 Å². The first-order valence-corrected chi connectivity index (χ1v) is 17.4. The zero-order valence-electron chi connectivity index (χ0n) is 27.2. The topological polar surface area (TPSA) is 125 Å². The molecule has 1 heterocycles. The number of ether oxygens (including phenoxy) is 2. The number of aldehydes is 1. The fourth-order valence-corrected chi connectivity index (χ4v) is 6.80. The number of hydrogen-bond acceptors (Lipinski definition) is 7. The van der Waals surface area contributed by atoms with Gasteiger partial charge in [0.2, 0.25) is 11.8 Å². The summed E-state index contributed by atoms with van der Waals surface area (Å²) in [5.74, 6) is -0.774. The van der Waals surface area contributed by atoms with Gasteiger partial charge < -0.3 is 29.9 Å². The first-order valence-electron chi connectivity index (χ1n) is 16.6. The molecule has 9 nitrogen and oxygen atoms in total. The van der Waals surface area contributed by atoms with E-state index >= 15 is 0 Å². The number of rotatable bonds is 18. The minimum atomic E-state index is -1.24. The summed E-state index contributed by atoms with van der Waals surface area (Å²) < 4.78 is 11.8. The lowest BCUT2D eigenvalue weighted by Crippen LogP contribution is -2.55. The Balaban J connectivity index is 1.64. The number of carbonyl (C=O) groups excluding carboxylic acids is 3. The van der Waals surface area contributed by atoms with Gasteiger partial charge in [-0.2, -0.15) is 0 Å². The van der Waals surface area contributed by atoms with E-state index in [1.165, 1.54) is 45.3 Å². The fraction of sp³-hybridized carbons (Fsp3) is 0.528. The number of aliphatic hydroxyl groups excluding tert-OH is 2. The quantitative estimate of drug-likeness (QED) is 0.122. The molecule has 3 N–H and O–H groups in total. The molecule has 1 aliphatic heterocycles. The van der Waals surface area contributed by atoms with Gasteiger partial charge in [0.05, 0.1) is 35.7 Å². The molecular formula is C36H46Cl2N2O7. The summed E-state index contributed by atoms with van der Waals surface area (Å²) >= 11 is 12.5. The van der Waals surface area contributed by atoms with Gasteiger partial charge in [0.25, 0.3) is 0 Å². The zero-order valence-corrected chi connectivity index (χ0v) is 28.7. The fourth-order valence-electron chi connectivity index (χ4n) is 6.48. The zero-order chi connectivity index (χ0) is 33.9. The molecule has 4 rings (SSSR count). The summed E-state index contributed by atoms with van der Waals surface area (Å²) in [6, 6.07) is 7.35. The van der Waals surface area contributed by atoms with Crippen LogP contribution in [-0.4, -0.2) is 71.7 Å². The van der Waals surface area contributed by atoms with Crippen LogP contribution in [0.5, 0.6) is 11.5 Å². The number of methoxy groups -OCH3 is 1. The number of aliphatic hydroxyl groups is 2. The summed E-state index contributed by atoms with van der Waals surface area (Å²) in [6.45, 7) is 2.06. The predicted octanol–water partition coefficient (Wildman–Crippen LogP) is 6.39. The average Bonchev–Trinajstić information content (AvgIpc) is 3.47. The van der Waals surface area contributed by atoms with Crippen LogP contribution in [0.2, 0.25) is 10.0 Å². The molecule has 0 spiro atoms. The molecule has 0 saturated heterocycles. The highest BCUT2D eigenvalue weighted by atomic mass is 35.5. The summed E-state index contributed by atoms with van der Waals surface area (Å²) in [4.78, 5) is 40.9. The molecule has 2 amide bonds. The minimum Gasteiger partial charge on any atom is -0.493 e. The largest absolute Gasteiger partial charge is 0.493 e. The van der Waals surface area contributed by atoms with Crippen LogP contribution in [0.1, 0.15) is 98.5 Å². The van der Waals surface area contributed by atoms with Crippen molar-refractivity contribution >= 4 is 41.3 Å². The Labute approximate surface area is 287 Å². The SMILES string of the molecule is CCCCCCCCCCCC(=O)N(Cc1ccc(Cl)c(Cl)c1)[C@@H]1C=C(C(=O)NCCO)[C@@H]2c3cc(C=O)cc(OC)c3O[C@@H]2[C@H]1O. The molecule has 0 radical (unpaired) electrons. The minimum absolute atomic E-state index is 0.0106. The molecule has 256 valence electrons. The molecule has 0 bridgehead atoms. The maximum Gasteiger partial charge on any atom is 0.247 e. The number of hydrogen-bond donors (Lipinski definition) is 3. The Morgan fingerprint density at radius 3 is 2.36 bits per heavy atom. The summed E-state index contributed by atoms with van der Waals surface area (Å²) in [6.07, 6.45) is 10.3. The van der Waals surface area contributed by atoms with Crippen LogP contribution in [0.4, 0.5) is 0 Å². The molecule has 2 aromatic carbocycles. The predicted molar refractivity (Wildman–Crippen MR) is 182 cm³/mol. The first kappa shape index (κ1) is 36.7. The Morgan fingerprint density at radius 2 is 1.72 bits per heavy atom. The van der Waals surface area contributed by atoms with Crippen molar-refractivity contribution in [2.45, 2.75) is 102 Å². The Bertz CT molecular complexity index is 1430. The second-order valence-electron chi connectivity index (χ2n) is 12.3. The Morgan fingerprint density at radius 1 is 1.02 bits per heavy atom. The van der Waals surface area contributed by atoms with Gasteiger partial charge >= 0.3 is 0 Å². The lowest BCUT2D eigenvalue weighted by Gasteiger charge is -2.41. The van der Waals surface area contributed by atoms with E-state index in [1.807, 2.05) is 0 Å². The molecule has 0 aromatic heterocycles. The van der Waals surface area contributed by atoms with E-state index in [0.717, 1.165) is 19.3 Å². The van der Waals surface area contributed by atoms with Gasteiger partial charge in [0.1, 0.15) is 18.5 Å². The Hall–Kier alpha value is -3.11. The molecular weight excluding hydrogens is 643 g/mol. The molecule has 0 saturated carbocycles. The van der Waals surface area contributed by atoms with Crippen molar-refractivity contribution in [3.8, 4) is 11.5 Å². The van der Waals surface area contributed by atoms with Crippen molar-refractivity contribution in [1.82, 2.24) is 10.2 Å². The highest BCUT2D eigenvalue weighted by Gasteiger charge is 2.51. The summed E-state index contributed by atoms with van der Waals surface area (Å²) in [5, 5.41) is 24.8. The van der Waals surface area contributed by atoms with E-state index in [-0.39, 0.29) is 37.6 Å². The van der Waals surface area contributed by atoms with Crippen molar-refractivity contribution in [3.05, 3.63) is 68.7 Å². The second kappa shape index (κ2) is 17.9. The van der Waals surface area contributed by atoms with E-state index < -0.39 is 30.1 Å². The number of fused-ring (bicyclic) bond motifs is 3. The molecule has 0 fully saturated rings. The third kappa shape index (κ3) is 9.08. The third-order valence-electron chi connectivity index (χ3n) is 8.92. The first-order chi connectivity index (χ1) is 22.7. The number of carbonyl (C=O) groups is 3. The van der Waals surface area contributed by atoms with Gasteiger partial charge in [-0.25, -0.2) is 0 Å². The monoisotopic (exact) mass is 688 g/mol. The smallest absolute Gasteiger partial charge is 0.247 e. The summed E-state index contributed by atoms with van der Waals surface area (Å²) in [7, 11) is 1.45. The van der Waals surface area contributed by atoms with Gasteiger partial charge in [-0.15, -0.1) is 0 Å². The standard InChI is InChI=1S/C36H46Cl2N2O7/c1-3-4-5-6-7-8-9-10-11-12-31(43)40(21-23-13-14-27(37)28(38)18-23)29-20-26(36(45)39-15-16-41)32-25-17-24(22-42)19-30(46-2)34(25)47-35(32)33(29)44/h13-14,17-20,22,29,32-33,35,41,44H,3-12,15-16,21H2,1-2H3,(H,39,45)/t29-,32+,33+,35+/m1/s1. The average molecular weight is 690 g/mol. The van der Waals surface area contributed by atoms with Crippen molar-refractivity contribution < 1.29 is 34.1 Å². The number of amides is 2. The summed E-state index contributed by atoms with van der Waals surface area (Å²) in [5.41, 5.74) is 1.82. The third-order valence-corrected chi connectivity index (χ3v) is 9.66. The van der Waals surface area contributed by atoms with Crippen molar-refractivity contribution in [3.63, 3.8) is 0 Å². The van der Waals surface area contributed by atoms with Crippen LogP contribution >= 0.6 is 23.2 Å². The van der Waals surface area contributed by atoms with Crippen LogP contribution in [0, 0.1) is 0 Å². The molecule has 2 aliphatic rings. The normalized spacial score (nSPS) is 19.7. The molecule has 47 heavy (non-hydrogen) atoms. The lowest BCUT2D eigenvalue weighted by atomic mass is 9.77. The van der Waals surface area contributed by atoms with Gasteiger partial charge in [-0.1, -0.05) is 87.6 Å². The van der Waals surface area contributed by atoms with E-state index in [0.29, 0.717) is 50.9 Å². The Kier molecular flexibility index (Phi) is 14.0. The van der Waals surface area contributed by atoms with Gasteiger partial charge in [0.15, 0.2) is 11.5 Å². The van der Waals surface area contributed by atoms with E-state index in [4.69, 9.17) is 32.7 Å². The van der Waals surface area contributed by atoms with Gasteiger partial charge in [-0.05, 0) is 42.3 Å². The van der Waals surface area contributed by atoms with E-state index in [1.54, 1.807) is 35.2 Å². The number of unbranched alkanes of at least 4 members (excludes halogenated alkanes) is 8. The lowest BCUT2D eigenvalue weighted by molar-refractivity contribution is -0.138. The second-order valence-corrected chi connectivity index (χ2v) is 13.1. The van der Waals surface area contributed by atoms with Crippen LogP contribution in [-0.2, 0) is 16.1 Å². The molecule has 2 aromatic rings. The molecule has 1 aliphatic carbocycles. The molecule has 0 unspecified atom stereocenters. The molecule has 4 atom stereocenters. The van der Waals surface area contributed by atoms with Crippen molar-refractivity contribution in [2.75, 3.05) is 20.3 Å². The molecule has 11 heteroatoms. The van der Waals surface area contributed by atoms with Gasteiger partial charge in [-0.3, -0.25) is 14.4 Å². The van der Waals surface area contributed by atoms with E-state index in [2.05, 4.69) is 12.2 Å². The maximum absolute atomic E-state index is 14.0. The number of nitrogens with one attached hydrogen (secondary N) is 1. The van der Waals surface area contributed by atoms with Crippen LogP contribution in [0.25, 0.3) is 0 Å². The van der Waals surface area contributed by atoms with Crippen LogP contribution in [0.3, 0.4) is 0 Å².